The molecule has 0 atom stereocenters. The second kappa shape index (κ2) is 4.71. The first-order valence-electron chi connectivity index (χ1n) is 5.17. The molecule has 0 aliphatic rings. The Morgan fingerprint density at radius 2 is 0.889 bits per heavy atom. The zero-order valence-electron chi connectivity index (χ0n) is 9.25. The van der Waals surface area contributed by atoms with Crippen LogP contribution in [-0.4, -0.2) is 25.1 Å². The zero-order chi connectivity index (χ0) is 13.1. The van der Waals surface area contributed by atoms with E-state index in [4.69, 9.17) is 0 Å². The van der Waals surface area contributed by atoms with Gasteiger partial charge in [-0.3, -0.25) is 19.2 Å². The minimum Gasteiger partial charge on any atom is -0.298 e. The Hall–Kier alpha value is -2.62. The van der Waals surface area contributed by atoms with Gasteiger partial charge in [0.15, 0.2) is 25.1 Å². The molecule has 0 heterocycles. The highest BCUT2D eigenvalue weighted by atomic mass is 16.1. The third-order valence-electron chi connectivity index (χ3n) is 2.85. The summed E-state index contributed by atoms with van der Waals surface area (Å²) in [5.74, 6) is 0. The van der Waals surface area contributed by atoms with Gasteiger partial charge in [0, 0.05) is 22.3 Å². The second-order valence-electron chi connectivity index (χ2n) is 3.67. The molecule has 4 heteroatoms. The van der Waals surface area contributed by atoms with Crippen LogP contribution in [0.25, 0.3) is 10.8 Å². The quantitative estimate of drug-likeness (QED) is 0.767. The average Bonchev–Trinajstić information content (AvgIpc) is 2.44. The van der Waals surface area contributed by atoms with E-state index in [1.807, 2.05) is 0 Å². The van der Waals surface area contributed by atoms with Gasteiger partial charge in [-0.15, -0.1) is 0 Å². The van der Waals surface area contributed by atoms with E-state index < -0.39 is 0 Å². The van der Waals surface area contributed by atoms with Crippen LogP contribution in [0.1, 0.15) is 41.4 Å². The lowest BCUT2D eigenvalue weighted by molar-refractivity contribution is 0.107. The van der Waals surface area contributed by atoms with Gasteiger partial charge in [0.25, 0.3) is 0 Å². The van der Waals surface area contributed by atoms with Crippen LogP contribution in [0.4, 0.5) is 0 Å². The molecule has 0 saturated heterocycles. The van der Waals surface area contributed by atoms with Crippen molar-refractivity contribution in [3.05, 3.63) is 46.5 Å². The van der Waals surface area contributed by atoms with Crippen molar-refractivity contribution in [1.82, 2.24) is 0 Å². The molecule has 0 saturated carbocycles. The number of fused-ring (bicyclic) bond motifs is 1. The second-order valence-corrected chi connectivity index (χ2v) is 3.67. The van der Waals surface area contributed by atoms with Gasteiger partial charge in [-0.1, -0.05) is 24.3 Å². The van der Waals surface area contributed by atoms with E-state index in [2.05, 4.69) is 0 Å². The first-order chi connectivity index (χ1) is 8.78. The maximum atomic E-state index is 11.1. The minimum absolute atomic E-state index is 0.0409. The lowest BCUT2D eigenvalue weighted by atomic mass is 9.91. The number of hydrogen-bond donors (Lipinski definition) is 0. The molecule has 0 bridgehead atoms. The van der Waals surface area contributed by atoms with E-state index in [1.165, 1.54) is 0 Å². The Morgan fingerprint density at radius 3 is 1.17 bits per heavy atom. The number of benzene rings is 2. The summed E-state index contributed by atoms with van der Waals surface area (Å²) in [5, 5.41) is 0.976. The molecule has 0 aromatic heterocycles. The molecule has 2 rings (SSSR count). The zero-order valence-corrected chi connectivity index (χ0v) is 9.25. The number of hydrogen-bond acceptors (Lipinski definition) is 4. The predicted molar refractivity (Wildman–Crippen MR) is 65.5 cm³/mol. The SMILES string of the molecule is O=Cc1c(C=O)c(C=O)c2ccccc2c1C=O. The van der Waals surface area contributed by atoms with Crippen LogP contribution in [0.2, 0.25) is 0 Å². The molecule has 0 spiro atoms. The Bertz CT molecular complexity index is 613. The summed E-state index contributed by atoms with van der Waals surface area (Å²) in [6.07, 6.45) is 1.89. The highest BCUT2D eigenvalue weighted by molar-refractivity contribution is 6.16. The van der Waals surface area contributed by atoms with Crippen molar-refractivity contribution in [3.63, 3.8) is 0 Å². The minimum atomic E-state index is -0.0409. The highest BCUT2D eigenvalue weighted by Crippen LogP contribution is 2.27. The molecule has 0 N–H and O–H groups in total. The molecule has 0 aliphatic heterocycles. The molecule has 0 radical (unpaired) electrons. The fourth-order valence-electron chi connectivity index (χ4n) is 2.04. The lowest BCUT2D eigenvalue weighted by Crippen LogP contribution is -2.04. The molecule has 2 aromatic rings. The van der Waals surface area contributed by atoms with Crippen molar-refractivity contribution < 1.29 is 19.2 Å². The van der Waals surface area contributed by atoms with Crippen LogP contribution in [0.5, 0.6) is 0 Å². The Morgan fingerprint density at radius 1 is 0.556 bits per heavy atom. The number of aldehydes is 4. The smallest absolute Gasteiger partial charge is 0.151 e. The van der Waals surface area contributed by atoms with Crippen LogP contribution in [-0.2, 0) is 0 Å². The van der Waals surface area contributed by atoms with Gasteiger partial charge in [0.2, 0.25) is 0 Å². The molecular weight excluding hydrogens is 232 g/mol. The first-order valence-corrected chi connectivity index (χ1v) is 5.17. The van der Waals surface area contributed by atoms with Gasteiger partial charge in [0.05, 0.1) is 0 Å². The van der Waals surface area contributed by atoms with Crippen molar-refractivity contribution in [1.29, 1.82) is 0 Å². The molecule has 0 unspecified atom stereocenters. The fourth-order valence-corrected chi connectivity index (χ4v) is 2.04. The topological polar surface area (TPSA) is 68.3 Å². The Balaban J connectivity index is 3.13. The van der Waals surface area contributed by atoms with Crippen LogP contribution < -0.4 is 0 Å². The molecule has 2 aromatic carbocycles. The maximum Gasteiger partial charge on any atom is 0.151 e. The molecule has 0 amide bonds. The van der Waals surface area contributed by atoms with Crippen molar-refractivity contribution in [2.75, 3.05) is 0 Å². The lowest BCUT2D eigenvalue weighted by Gasteiger charge is -2.10. The van der Waals surface area contributed by atoms with E-state index in [-0.39, 0.29) is 22.3 Å². The normalized spacial score (nSPS) is 10.0. The van der Waals surface area contributed by atoms with E-state index in [1.54, 1.807) is 24.3 Å². The van der Waals surface area contributed by atoms with E-state index >= 15 is 0 Å². The summed E-state index contributed by atoms with van der Waals surface area (Å²) < 4.78 is 0. The van der Waals surface area contributed by atoms with Crippen molar-refractivity contribution in [3.8, 4) is 0 Å². The summed E-state index contributed by atoms with van der Waals surface area (Å²) in [7, 11) is 0. The first kappa shape index (κ1) is 11.9. The standard InChI is InChI=1S/C14H8O4/c15-5-11-9-3-1-2-4-10(9)12(6-16)14(8-18)13(11)7-17/h1-8H. The summed E-state index contributed by atoms with van der Waals surface area (Å²) in [6.45, 7) is 0. The third-order valence-corrected chi connectivity index (χ3v) is 2.85. The molecule has 18 heavy (non-hydrogen) atoms. The van der Waals surface area contributed by atoms with E-state index in [0.29, 0.717) is 35.9 Å². The van der Waals surface area contributed by atoms with Gasteiger partial charge in [-0.2, -0.15) is 0 Å². The van der Waals surface area contributed by atoms with Crippen LogP contribution >= 0.6 is 0 Å². The van der Waals surface area contributed by atoms with E-state index in [0.717, 1.165) is 0 Å². The van der Waals surface area contributed by atoms with Gasteiger partial charge < -0.3 is 0 Å². The number of rotatable bonds is 4. The largest absolute Gasteiger partial charge is 0.298 e. The third kappa shape index (κ3) is 1.55. The number of carbonyl (C=O) groups is 4. The summed E-state index contributed by atoms with van der Waals surface area (Å²) in [4.78, 5) is 44.3. The van der Waals surface area contributed by atoms with Gasteiger partial charge in [-0.25, -0.2) is 0 Å². The Labute approximate surface area is 102 Å². The highest BCUT2D eigenvalue weighted by Gasteiger charge is 2.17. The molecular formula is C14H8O4. The average molecular weight is 240 g/mol. The Kier molecular flexibility index (Phi) is 3.10. The van der Waals surface area contributed by atoms with E-state index in [9.17, 15) is 19.2 Å². The molecule has 0 aliphatic carbocycles. The van der Waals surface area contributed by atoms with Crippen molar-refractivity contribution >= 4 is 35.9 Å². The van der Waals surface area contributed by atoms with Crippen LogP contribution in [0.3, 0.4) is 0 Å². The molecule has 88 valence electrons. The molecule has 0 fully saturated rings. The monoisotopic (exact) mass is 240 g/mol. The van der Waals surface area contributed by atoms with Crippen molar-refractivity contribution in [2.45, 2.75) is 0 Å². The van der Waals surface area contributed by atoms with Crippen LogP contribution in [0, 0.1) is 0 Å². The van der Waals surface area contributed by atoms with Gasteiger partial charge in [0.1, 0.15) is 0 Å². The predicted octanol–water partition coefficient (Wildman–Crippen LogP) is 2.09. The van der Waals surface area contributed by atoms with Crippen LogP contribution in [0.15, 0.2) is 24.3 Å². The summed E-state index contributed by atoms with van der Waals surface area (Å²) in [6, 6.07) is 6.65. The molecule has 4 nitrogen and oxygen atoms in total. The van der Waals surface area contributed by atoms with Gasteiger partial charge >= 0.3 is 0 Å². The summed E-state index contributed by atoms with van der Waals surface area (Å²) in [5.41, 5.74) is 0.184. The summed E-state index contributed by atoms with van der Waals surface area (Å²) >= 11 is 0. The maximum absolute atomic E-state index is 11.1. The fraction of sp³-hybridized carbons (Fsp3) is 0. The number of carbonyl (C=O) groups excluding carboxylic acids is 4. The van der Waals surface area contributed by atoms with Gasteiger partial charge in [-0.05, 0) is 10.8 Å². The van der Waals surface area contributed by atoms with Crippen molar-refractivity contribution in [2.24, 2.45) is 0 Å².